The van der Waals surface area contributed by atoms with Gasteiger partial charge in [0.2, 0.25) is 0 Å². The summed E-state index contributed by atoms with van der Waals surface area (Å²) in [4.78, 5) is 13.7. The van der Waals surface area contributed by atoms with Crippen LogP contribution < -0.4 is 5.32 Å². The number of carbonyl (C=O) groups excluding carboxylic acids is 1. The van der Waals surface area contributed by atoms with Gasteiger partial charge >= 0.3 is 0 Å². The summed E-state index contributed by atoms with van der Waals surface area (Å²) in [5.74, 6) is 0.928. The van der Waals surface area contributed by atoms with Crippen LogP contribution in [-0.2, 0) is 12.3 Å². The lowest BCUT2D eigenvalue weighted by atomic mass is 10.1. The number of nitrogens with one attached hydrogen (secondary N) is 1. The maximum atomic E-state index is 12.5. The SMILES string of the molecule is Cc1ccccc1C(=O)NCCn1cc(SCc2ccccc2)c2ccccc21. The lowest BCUT2D eigenvalue weighted by Crippen LogP contribution is -2.27. The van der Waals surface area contributed by atoms with Crippen molar-refractivity contribution in [3.8, 4) is 0 Å². The molecular weight excluding hydrogens is 376 g/mol. The van der Waals surface area contributed by atoms with Crippen LogP contribution in [0, 0.1) is 6.92 Å². The monoisotopic (exact) mass is 400 g/mol. The van der Waals surface area contributed by atoms with Crippen molar-refractivity contribution in [3.63, 3.8) is 0 Å². The van der Waals surface area contributed by atoms with Crippen molar-refractivity contribution in [2.45, 2.75) is 24.1 Å². The summed E-state index contributed by atoms with van der Waals surface area (Å²) in [6, 6.07) is 26.7. The van der Waals surface area contributed by atoms with Crippen molar-refractivity contribution >= 4 is 28.6 Å². The van der Waals surface area contributed by atoms with Crippen LogP contribution in [0.2, 0.25) is 0 Å². The van der Waals surface area contributed by atoms with Crippen molar-refractivity contribution in [2.75, 3.05) is 6.54 Å². The van der Waals surface area contributed by atoms with E-state index in [2.05, 4.69) is 64.6 Å². The molecule has 0 aliphatic carbocycles. The molecular formula is C25H24N2OS. The topological polar surface area (TPSA) is 34.0 Å². The molecule has 1 aromatic heterocycles. The van der Waals surface area contributed by atoms with Crippen molar-refractivity contribution < 1.29 is 4.79 Å². The minimum Gasteiger partial charge on any atom is -0.350 e. The third-order valence-electron chi connectivity index (χ3n) is 5.02. The molecule has 4 heteroatoms. The van der Waals surface area contributed by atoms with Gasteiger partial charge in [0.05, 0.1) is 0 Å². The van der Waals surface area contributed by atoms with E-state index in [9.17, 15) is 4.79 Å². The fourth-order valence-electron chi connectivity index (χ4n) is 3.46. The second kappa shape index (κ2) is 9.01. The number of fused-ring (bicyclic) bond motifs is 1. The maximum Gasteiger partial charge on any atom is 0.251 e. The van der Waals surface area contributed by atoms with E-state index in [0.29, 0.717) is 6.54 Å². The molecule has 0 atom stereocenters. The van der Waals surface area contributed by atoms with Gasteiger partial charge in [-0.25, -0.2) is 0 Å². The van der Waals surface area contributed by atoms with Gasteiger partial charge in [-0.15, -0.1) is 11.8 Å². The van der Waals surface area contributed by atoms with Gasteiger partial charge < -0.3 is 9.88 Å². The molecule has 3 aromatic carbocycles. The van der Waals surface area contributed by atoms with Crippen LogP contribution in [-0.4, -0.2) is 17.0 Å². The molecule has 0 aliphatic rings. The lowest BCUT2D eigenvalue weighted by Gasteiger charge is -2.09. The number of carbonyl (C=O) groups is 1. The molecule has 0 fully saturated rings. The molecule has 1 heterocycles. The summed E-state index contributed by atoms with van der Waals surface area (Å²) in [5, 5.41) is 4.32. The second-order valence-electron chi connectivity index (χ2n) is 7.05. The Morgan fingerprint density at radius 1 is 0.931 bits per heavy atom. The van der Waals surface area contributed by atoms with Gasteiger partial charge in [0.25, 0.3) is 5.91 Å². The number of nitrogens with zero attached hydrogens (tertiary/aromatic N) is 1. The minimum absolute atomic E-state index is 0.0155. The fourth-order valence-corrected chi connectivity index (χ4v) is 4.51. The highest BCUT2D eigenvalue weighted by molar-refractivity contribution is 7.98. The van der Waals surface area contributed by atoms with Crippen molar-refractivity contribution in [2.24, 2.45) is 0 Å². The Hall–Kier alpha value is -2.98. The van der Waals surface area contributed by atoms with Crippen LogP contribution in [0.1, 0.15) is 21.5 Å². The van der Waals surface area contributed by atoms with Gasteiger partial charge in [-0.2, -0.15) is 0 Å². The third kappa shape index (κ3) is 4.54. The molecule has 0 spiro atoms. The molecule has 0 radical (unpaired) electrons. The Balaban J connectivity index is 1.45. The lowest BCUT2D eigenvalue weighted by molar-refractivity contribution is 0.0952. The van der Waals surface area contributed by atoms with Crippen LogP contribution in [0.4, 0.5) is 0 Å². The van der Waals surface area contributed by atoms with Crippen LogP contribution >= 0.6 is 11.8 Å². The number of hydrogen-bond donors (Lipinski definition) is 1. The predicted molar refractivity (Wildman–Crippen MR) is 121 cm³/mol. The minimum atomic E-state index is -0.0155. The fraction of sp³-hybridized carbons (Fsp3) is 0.160. The number of hydrogen-bond acceptors (Lipinski definition) is 2. The van der Waals surface area contributed by atoms with Crippen LogP contribution in [0.3, 0.4) is 0 Å². The average molecular weight is 401 g/mol. The maximum absolute atomic E-state index is 12.5. The predicted octanol–water partition coefficient (Wildman–Crippen LogP) is 5.67. The molecule has 4 rings (SSSR count). The molecule has 0 unspecified atom stereocenters. The Bertz CT molecular complexity index is 1120. The van der Waals surface area contributed by atoms with Crippen molar-refractivity contribution in [1.29, 1.82) is 0 Å². The number of rotatable bonds is 7. The van der Waals surface area contributed by atoms with E-state index in [4.69, 9.17) is 0 Å². The molecule has 1 N–H and O–H groups in total. The van der Waals surface area contributed by atoms with E-state index in [1.54, 1.807) is 0 Å². The molecule has 0 saturated carbocycles. The van der Waals surface area contributed by atoms with E-state index in [1.807, 2.05) is 49.0 Å². The quantitative estimate of drug-likeness (QED) is 0.405. The molecule has 3 nitrogen and oxygen atoms in total. The highest BCUT2D eigenvalue weighted by atomic mass is 32.2. The first-order valence-electron chi connectivity index (χ1n) is 9.81. The molecule has 4 aromatic rings. The Labute approximate surface area is 175 Å². The average Bonchev–Trinajstić information content (AvgIpc) is 3.11. The van der Waals surface area contributed by atoms with Gasteiger partial charge in [-0.1, -0.05) is 66.7 Å². The van der Waals surface area contributed by atoms with Gasteiger partial charge in [-0.05, 0) is 30.2 Å². The highest BCUT2D eigenvalue weighted by Crippen LogP contribution is 2.32. The molecule has 1 amide bonds. The van der Waals surface area contributed by atoms with Gasteiger partial charge in [0.15, 0.2) is 0 Å². The number of para-hydroxylation sites is 1. The largest absolute Gasteiger partial charge is 0.350 e. The first-order chi connectivity index (χ1) is 14.2. The molecule has 0 saturated heterocycles. The van der Waals surface area contributed by atoms with E-state index in [0.717, 1.165) is 23.4 Å². The summed E-state index contributed by atoms with van der Waals surface area (Å²) >= 11 is 1.85. The summed E-state index contributed by atoms with van der Waals surface area (Å²) in [6.45, 7) is 3.29. The third-order valence-corrected chi connectivity index (χ3v) is 6.13. The zero-order valence-electron chi connectivity index (χ0n) is 16.5. The number of aryl methyl sites for hydroxylation is 1. The number of aromatic nitrogens is 1. The molecule has 146 valence electrons. The summed E-state index contributed by atoms with van der Waals surface area (Å²) in [6.07, 6.45) is 2.21. The van der Waals surface area contributed by atoms with Crippen molar-refractivity contribution in [1.82, 2.24) is 9.88 Å². The van der Waals surface area contributed by atoms with Crippen LogP contribution in [0.25, 0.3) is 10.9 Å². The summed E-state index contributed by atoms with van der Waals surface area (Å²) in [7, 11) is 0. The van der Waals surface area contributed by atoms with E-state index in [1.165, 1.54) is 21.4 Å². The number of thioether (sulfide) groups is 1. The first kappa shape index (κ1) is 19.3. The molecule has 0 aliphatic heterocycles. The smallest absolute Gasteiger partial charge is 0.251 e. The second-order valence-corrected chi connectivity index (χ2v) is 8.07. The molecule has 29 heavy (non-hydrogen) atoms. The standard InChI is InChI=1S/C25H24N2OS/c1-19-9-5-6-12-21(19)25(28)26-15-16-27-17-24(22-13-7-8-14-23(22)27)29-18-20-10-3-2-4-11-20/h2-14,17H,15-16,18H2,1H3,(H,26,28). The van der Waals surface area contributed by atoms with Gasteiger partial charge in [0.1, 0.15) is 0 Å². The first-order valence-corrected chi connectivity index (χ1v) is 10.8. The summed E-state index contributed by atoms with van der Waals surface area (Å²) in [5.41, 5.74) is 4.26. The van der Waals surface area contributed by atoms with E-state index in [-0.39, 0.29) is 5.91 Å². The highest BCUT2D eigenvalue weighted by Gasteiger charge is 2.10. The van der Waals surface area contributed by atoms with Crippen molar-refractivity contribution in [3.05, 3.63) is 102 Å². The van der Waals surface area contributed by atoms with E-state index >= 15 is 0 Å². The Kier molecular flexibility index (Phi) is 6.01. The molecule has 0 bridgehead atoms. The van der Waals surface area contributed by atoms with Gasteiger partial charge in [0, 0.05) is 46.4 Å². The van der Waals surface area contributed by atoms with Crippen LogP contribution in [0.15, 0.2) is 90.0 Å². The number of amides is 1. The zero-order valence-corrected chi connectivity index (χ0v) is 17.3. The Morgan fingerprint density at radius 3 is 2.48 bits per heavy atom. The normalized spacial score (nSPS) is 10.9. The van der Waals surface area contributed by atoms with E-state index < -0.39 is 0 Å². The number of benzene rings is 3. The Morgan fingerprint density at radius 2 is 1.66 bits per heavy atom. The zero-order chi connectivity index (χ0) is 20.1. The van der Waals surface area contributed by atoms with Crippen LogP contribution in [0.5, 0.6) is 0 Å². The summed E-state index contributed by atoms with van der Waals surface area (Å²) < 4.78 is 2.24. The van der Waals surface area contributed by atoms with Gasteiger partial charge in [-0.3, -0.25) is 4.79 Å².